The van der Waals surface area contributed by atoms with Gasteiger partial charge >= 0.3 is 0 Å². The van der Waals surface area contributed by atoms with Gasteiger partial charge in [-0.2, -0.15) is 4.99 Å². The first-order valence-electron chi connectivity index (χ1n) is 8.69. The first-order valence-corrected chi connectivity index (χ1v) is 8.69. The molecule has 2 aromatic carbocycles. The van der Waals surface area contributed by atoms with Gasteiger partial charge in [0.1, 0.15) is 11.5 Å². The van der Waals surface area contributed by atoms with E-state index >= 15 is 0 Å². The molecule has 0 saturated carbocycles. The van der Waals surface area contributed by atoms with Gasteiger partial charge in [0.25, 0.3) is 5.95 Å². The minimum atomic E-state index is 0. The predicted molar refractivity (Wildman–Crippen MR) is 118 cm³/mol. The average molecular weight is 414 g/mol. The summed E-state index contributed by atoms with van der Waals surface area (Å²) in [7, 11) is 6.91. The van der Waals surface area contributed by atoms with Gasteiger partial charge in [0, 0.05) is 31.4 Å². The second kappa shape index (κ2) is 9.75. The molecule has 1 aromatic heterocycles. The zero-order valence-electron chi connectivity index (χ0n) is 16.8. The van der Waals surface area contributed by atoms with Crippen molar-refractivity contribution in [1.29, 1.82) is 0 Å². The molecule has 0 unspecified atom stereocenters. The molecule has 1 heterocycles. The molecule has 0 aliphatic rings. The number of aromatic nitrogens is 2. The van der Waals surface area contributed by atoms with Crippen molar-refractivity contribution in [3.8, 4) is 33.9 Å². The fraction of sp³-hybridized carbons (Fsp3) is 0.190. The summed E-state index contributed by atoms with van der Waals surface area (Å²) in [6.45, 7) is 0. The first kappa shape index (κ1) is 22.0. The van der Waals surface area contributed by atoms with Crippen molar-refractivity contribution >= 4 is 24.3 Å². The van der Waals surface area contributed by atoms with Crippen LogP contribution in [-0.4, -0.2) is 49.1 Å². The van der Waals surface area contributed by atoms with Crippen LogP contribution in [0.2, 0.25) is 0 Å². The van der Waals surface area contributed by atoms with Gasteiger partial charge in [-0.1, -0.05) is 12.1 Å². The summed E-state index contributed by atoms with van der Waals surface area (Å²) in [4.78, 5) is 15.0. The van der Waals surface area contributed by atoms with E-state index in [1.807, 2.05) is 62.6 Å². The Balaban J connectivity index is 0.00000300. The second-order valence-electron chi connectivity index (χ2n) is 6.25. The standard InChI is InChI=1S/C21H23N5O2.ClH/c1-26(2)20(22)25-21-23-13-18(14-5-9-16(27-3)10-6-14)19(24-21)15-7-11-17(28-4)12-8-15;/h5-13H,1-4H3,(H2,22,23,24,25);1H. The summed E-state index contributed by atoms with van der Waals surface area (Å²) in [5.74, 6) is 2.20. The normalized spacial score (nSPS) is 10.8. The summed E-state index contributed by atoms with van der Waals surface area (Å²) in [5, 5.41) is 0. The highest BCUT2D eigenvalue weighted by Gasteiger charge is 2.13. The lowest BCUT2D eigenvalue weighted by atomic mass is 10.0. The zero-order chi connectivity index (χ0) is 20.1. The van der Waals surface area contributed by atoms with Gasteiger partial charge in [-0.25, -0.2) is 9.97 Å². The quantitative estimate of drug-likeness (QED) is 0.506. The number of benzene rings is 2. The Bertz CT molecular complexity index is 973. The number of halogens is 1. The molecule has 8 heteroatoms. The third-order valence-electron chi connectivity index (χ3n) is 4.21. The third kappa shape index (κ3) is 5.14. The van der Waals surface area contributed by atoms with Gasteiger partial charge in [-0.15, -0.1) is 12.4 Å². The molecular weight excluding hydrogens is 390 g/mol. The maximum Gasteiger partial charge on any atom is 0.253 e. The highest BCUT2D eigenvalue weighted by atomic mass is 35.5. The number of hydrogen-bond donors (Lipinski definition) is 1. The molecule has 0 atom stereocenters. The highest BCUT2D eigenvalue weighted by molar-refractivity contribution is 5.85. The van der Waals surface area contributed by atoms with Crippen LogP contribution in [0.15, 0.2) is 59.7 Å². The molecule has 0 fully saturated rings. The molecule has 7 nitrogen and oxygen atoms in total. The maximum atomic E-state index is 5.92. The minimum Gasteiger partial charge on any atom is -0.497 e. The van der Waals surface area contributed by atoms with Crippen molar-refractivity contribution < 1.29 is 9.47 Å². The molecular formula is C21H24ClN5O2. The lowest BCUT2D eigenvalue weighted by Gasteiger charge is -2.12. The van der Waals surface area contributed by atoms with Crippen molar-refractivity contribution in [3.63, 3.8) is 0 Å². The molecule has 0 bridgehead atoms. The third-order valence-corrected chi connectivity index (χ3v) is 4.21. The van der Waals surface area contributed by atoms with Gasteiger partial charge in [0.05, 0.1) is 19.9 Å². The average Bonchev–Trinajstić information content (AvgIpc) is 2.74. The molecule has 0 aliphatic carbocycles. The Kier molecular flexibility index (Phi) is 7.39. The Morgan fingerprint density at radius 2 is 1.41 bits per heavy atom. The van der Waals surface area contributed by atoms with E-state index in [2.05, 4.69) is 15.0 Å². The Labute approximate surface area is 176 Å². The molecule has 0 saturated heterocycles. The highest BCUT2D eigenvalue weighted by Crippen LogP contribution is 2.33. The van der Waals surface area contributed by atoms with Crippen molar-refractivity contribution in [3.05, 3.63) is 54.7 Å². The van der Waals surface area contributed by atoms with E-state index in [1.165, 1.54) is 0 Å². The van der Waals surface area contributed by atoms with E-state index < -0.39 is 0 Å². The monoisotopic (exact) mass is 413 g/mol. The van der Waals surface area contributed by atoms with Crippen LogP contribution in [0.4, 0.5) is 5.95 Å². The Morgan fingerprint density at radius 3 is 1.90 bits per heavy atom. The van der Waals surface area contributed by atoms with Crippen LogP contribution in [0.3, 0.4) is 0 Å². The summed E-state index contributed by atoms with van der Waals surface area (Å²) < 4.78 is 10.5. The lowest BCUT2D eigenvalue weighted by Crippen LogP contribution is -2.30. The second-order valence-corrected chi connectivity index (χ2v) is 6.25. The van der Waals surface area contributed by atoms with Gasteiger partial charge in [-0.3, -0.25) is 0 Å². The first-order chi connectivity index (χ1) is 13.5. The molecule has 0 aliphatic heterocycles. The van der Waals surface area contributed by atoms with Gasteiger partial charge < -0.3 is 20.1 Å². The van der Waals surface area contributed by atoms with Crippen LogP contribution in [0.5, 0.6) is 11.5 Å². The topological polar surface area (TPSA) is 85.9 Å². The van der Waals surface area contributed by atoms with Crippen LogP contribution >= 0.6 is 12.4 Å². The largest absolute Gasteiger partial charge is 0.497 e. The number of nitrogens with zero attached hydrogens (tertiary/aromatic N) is 4. The summed E-state index contributed by atoms with van der Waals surface area (Å²) in [6.07, 6.45) is 1.76. The van der Waals surface area contributed by atoms with E-state index in [0.29, 0.717) is 11.9 Å². The number of guanidine groups is 1. The SMILES string of the molecule is COc1ccc(-c2cnc(N=C(N)N(C)C)nc2-c2ccc(OC)cc2)cc1.Cl. The molecule has 0 radical (unpaired) electrons. The van der Waals surface area contributed by atoms with Gasteiger partial charge in [0.2, 0.25) is 0 Å². The van der Waals surface area contributed by atoms with Gasteiger partial charge in [-0.05, 0) is 42.0 Å². The van der Waals surface area contributed by atoms with E-state index in [9.17, 15) is 0 Å². The minimum absolute atomic E-state index is 0. The zero-order valence-corrected chi connectivity index (χ0v) is 17.6. The Morgan fingerprint density at radius 1 is 0.897 bits per heavy atom. The molecule has 152 valence electrons. The van der Waals surface area contributed by atoms with Crippen molar-refractivity contribution in [2.75, 3.05) is 28.3 Å². The van der Waals surface area contributed by atoms with Crippen LogP contribution in [-0.2, 0) is 0 Å². The summed E-state index contributed by atoms with van der Waals surface area (Å²) in [5.41, 5.74) is 9.46. The number of methoxy groups -OCH3 is 2. The summed E-state index contributed by atoms with van der Waals surface area (Å²) >= 11 is 0. The molecule has 3 aromatic rings. The molecule has 2 N–H and O–H groups in total. The molecule has 29 heavy (non-hydrogen) atoms. The fourth-order valence-electron chi connectivity index (χ4n) is 2.58. The van der Waals surface area contributed by atoms with Crippen molar-refractivity contribution in [2.45, 2.75) is 0 Å². The molecule has 0 amide bonds. The van der Waals surface area contributed by atoms with E-state index in [1.54, 1.807) is 25.3 Å². The van der Waals surface area contributed by atoms with E-state index in [0.717, 1.165) is 33.9 Å². The molecule has 0 spiro atoms. The smallest absolute Gasteiger partial charge is 0.253 e. The van der Waals surface area contributed by atoms with E-state index in [4.69, 9.17) is 15.2 Å². The number of hydrogen-bond acceptors (Lipinski definition) is 5. The molecule has 3 rings (SSSR count). The van der Waals surface area contributed by atoms with Crippen molar-refractivity contribution in [2.24, 2.45) is 10.7 Å². The van der Waals surface area contributed by atoms with E-state index in [-0.39, 0.29) is 12.4 Å². The fourth-order valence-corrected chi connectivity index (χ4v) is 2.58. The Hall–Kier alpha value is -3.32. The predicted octanol–water partition coefficient (Wildman–Crippen LogP) is 3.76. The van der Waals surface area contributed by atoms with Crippen LogP contribution in [0, 0.1) is 0 Å². The number of aliphatic imine (C=N–C) groups is 1. The lowest BCUT2D eigenvalue weighted by molar-refractivity contribution is 0.414. The number of ether oxygens (including phenoxy) is 2. The van der Waals surface area contributed by atoms with Crippen LogP contribution < -0.4 is 15.2 Å². The van der Waals surface area contributed by atoms with Crippen LogP contribution in [0.25, 0.3) is 22.4 Å². The van der Waals surface area contributed by atoms with Crippen LogP contribution in [0.1, 0.15) is 0 Å². The van der Waals surface area contributed by atoms with Crippen molar-refractivity contribution in [1.82, 2.24) is 14.9 Å². The summed E-state index contributed by atoms with van der Waals surface area (Å²) in [6, 6.07) is 15.5. The maximum absolute atomic E-state index is 5.92. The van der Waals surface area contributed by atoms with Gasteiger partial charge in [0.15, 0.2) is 5.96 Å². The number of nitrogens with two attached hydrogens (primary N) is 1. The number of rotatable bonds is 5.